The Kier molecular flexibility index (Phi) is 4.53. The van der Waals surface area contributed by atoms with Crippen LogP contribution < -0.4 is 0 Å². The molecule has 0 amide bonds. The predicted octanol–water partition coefficient (Wildman–Crippen LogP) is 3.26. The van der Waals surface area contributed by atoms with Gasteiger partial charge < -0.3 is 0 Å². The van der Waals surface area contributed by atoms with Gasteiger partial charge in [-0.15, -0.1) is 0 Å². The lowest BCUT2D eigenvalue weighted by Gasteiger charge is -2.02. The molecule has 0 atom stereocenters. The molecule has 0 aliphatic carbocycles. The van der Waals surface area contributed by atoms with Crippen LogP contribution >= 0.6 is 0 Å². The van der Waals surface area contributed by atoms with Gasteiger partial charge in [0.1, 0.15) is 0 Å². The summed E-state index contributed by atoms with van der Waals surface area (Å²) in [5, 5.41) is 21.3. The highest BCUT2D eigenvalue weighted by atomic mass is 16.6. The second kappa shape index (κ2) is 5.90. The summed E-state index contributed by atoms with van der Waals surface area (Å²) in [6.07, 6.45) is 1.81. The number of hydrogen-bond donors (Lipinski definition) is 0. The molecule has 1 aromatic carbocycles. The molecule has 0 radical (unpaired) electrons. The van der Waals surface area contributed by atoms with Crippen LogP contribution in [0.3, 0.4) is 0 Å². The zero-order chi connectivity index (χ0) is 13.7. The van der Waals surface area contributed by atoms with Crippen molar-refractivity contribution < 1.29 is 9.85 Å². The van der Waals surface area contributed by atoms with Crippen LogP contribution in [0, 0.1) is 26.1 Å². The SMILES string of the molecule is CC(C)CC(=Cc1ccc([N+](=O)[O-])cc1)[N+](=O)[O-]. The first kappa shape index (κ1) is 13.8. The minimum Gasteiger partial charge on any atom is -0.259 e. The minimum atomic E-state index is -0.504. The molecule has 0 heterocycles. The van der Waals surface area contributed by atoms with Gasteiger partial charge in [0.25, 0.3) is 5.69 Å². The summed E-state index contributed by atoms with van der Waals surface area (Å²) in [7, 11) is 0. The molecule has 1 aromatic rings. The van der Waals surface area contributed by atoms with Crippen molar-refractivity contribution in [2.75, 3.05) is 0 Å². The summed E-state index contributed by atoms with van der Waals surface area (Å²) in [5.41, 5.74) is 0.672. The van der Waals surface area contributed by atoms with E-state index in [1.165, 1.54) is 30.3 Å². The highest BCUT2D eigenvalue weighted by Crippen LogP contribution is 2.18. The molecule has 18 heavy (non-hydrogen) atoms. The molecule has 0 fully saturated rings. The molecule has 0 aliphatic heterocycles. The van der Waals surface area contributed by atoms with Crippen LogP contribution in [-0.2, 0) is 0 Å². The highest BCUT2D eigenvalue weighted by Gasteiger charge is 2.13. The maximum atomic E-state index is 10.8. The second-order valence-corrected chi connectivity index (χ2v) is 4.34. The molecule has 0 unspecified atom stereocenters. The van der Waals surface area contributed by atoms with E-state index in [9.17, 15) is 20.2 Å². The third-order valence-corrected chi connectivity index (χ3v) is 2.29. The number of non-ortho nitro benzene ring substituents is 1. The van der Waals surface area contributed by atoms with Crippen molar-refractivity contribution in [2.45, 2.75) is 20.3 Å². The predicted molar refractivity (Wildman–Crippen MR) is 67.5 cm³/mol. The highest BCUT2D eigenvalue weighted by molar-refractivity contribution is 5.53. The van der Waals surface area contributed by atoms with Crippen molar-refractivity contribution >= 4 is 11.8 Å². The number of nitro benzene ring substituents is 1. The summed E-state index contributed by atoms with van der Waals surface area (Å²) in [6.45, 7) is 3.79. The smallest absolute Gasteiger partial charge is 0.259 e. The first-order valence-electron chi connectivity index (χ1n) is 5.49. The zero-order valence-corrected chi connectivity index (χ0v) is 10.2. The lowest BCUT2D eigenvalue weighted by atomic mass is 10.1. The van der Waals surface area contributed by atoms with Crippen LogP contribution in [-0.4, -0.2) is 9.85 Å². The van der Waals surface area contributed by atoms with Gasteiger partial charge in [-0.25, -0.2) is 0 Å². The van der Waals surface area contributed by atoms with Gasteiger partial charge in [-0.2, -0.15) is 0 Å². The lowest BCUT2D eigenvalue weighted by Crippen LogP contribution is -2.02. The molecular formula is C12H14N2O4. The van der Waals surface area contributed by atoms with Crippen molar-refractivity contribution in [1.82, 2.24) is 0 Å². The van der Waals surface area contributed by atoms with E-state index in [0.717, 1.165) is 0 Å². The van der Waals surface area contributed by atoms with Crippen molar-refractivity contribution in [3.05, 3.63) is 55.8 Å². The molecule has 0 aliphatic rings. The molecule has 0 aromatic heterocycles. The number of nitrogens with zero attached hydrogens (tertiary/aromatic N) is 2. The average Bonchev–Trinajstić information content (AvgIpc) is 2.28. The zero-order valence-electron chi connectivity index (χ0n) is 10.2. The van der Waals surface area contributed by atoms with Crippen LogP contribution in [0.15, 0.2) is 30.0 Å². The summed E-state index contributed by atoms with van der Waals surface area (Å²) < 4.78 is 0. The average molecular weight is 250 g/mol. The van der Waals surface area contributed by atoms with E-state index in [-0.39, 0.29) is 17.3 Å². The van der Waals surface area contributed by atoms with Crippen molar-refractivity contribution in [2.24, 2.45) is 5.92 Å². The fraction of sp³-hybridized carbons (Fsp3) is 0.333. The van der Waals surface area contributed by atoms with Crippen molar-refractivity contribution in [1.29, 1.82) is 0 Å². The monoisotopic (exact) mass is 250 g/mol. The van der Waals surface area contributed by atoms with E-state index in [0.29, 0.717) is 12.0 Å². The summed E-state index contributed by atoms with van der Waals surface area (Å²) >= 11 is 0. The van der Waals surface area contributed by atoms with Crippen LogP contribution in [0.25, 0.3) is 6.08 Å². The number of benzene rings is 1. The first-order valence-corrected chi connectivity index (χ1v) is 5.49. The van der Waals surface area contributed by atoms with E-state index >= 15 is 0 Å². The van der Waals surface area contributed by atoms with Gasteiger partial charge in [-0.1, -0.05) is 13.8 Å². The Labute approximate surface area is 104 Å². The Morgan fingerprint density at radius 2 is 1.78 bits per heavy atom. The molecule has 0 saturated heterocycles. The van der Waals surface area contributed by atoms with E-state index in [1.54, 1.807) is 0 Å². The van der Waals surface area contributed by atoms with E-state index < -0.39 is 9.85 Å². The number of nitro groups is 2. The molecule has 6 heteroatoms. The van der Waals surface area contributed by atoms with Gasteiger partial charge in [0.15, 0.2) is 0 Å². The topological polar surface area (TPSA) is 86.3 Å². The first-order chi connectivity index (χ1) is 8.40. The van der Waals surface area contributed by atoms with Crippen molar-refractivity contribution in [3.63, 3.8) is 0 Å². The van der Waals surface area contributed by atoms with Gasteiger partial charge in [-0.05, 0) is 23.6 Å². The largest absolute Gasteiger partial charge is 0.269 e. The van der Waals surface area contributed by atoms with Gasteiger partial charge in [0, 0.05) is 24.6 Å². The van der Waals surface area contributed by atoms with Crippen LogP contribution in [0.4, 0.5) is 5.69 Å². The fourth-order valence-electron chi connectivity index (χ4n) is 1.49. The van der Waals surface area contributed by atoms with E-state index in [2.05, 4.69) is 0 Å². The molecule has 0 N–H and O–H groups in total. The maximum absolute atomic E-state index is 10.8. The maximum Gasteiger partial charge on any atom is 0.269 e. The quantitative estimate of drug-likeness (QED) is 0.592. The van der Waals surface area contributed by atoms with Crippen LogP contribution in [0.2, 0.25) is 0 Å². The van der Waals surface area contributed by atoms with Gasteiger partial charge in [0.2, 0.25) is 5.70 Å². The summed E-state index contributed by atoms with van der Waals surface area (Å²) in [6, 6.07) is 5.67. The Morgan fingerprint density at radius 3 is 2.17 bits per heavy atom. The molecular weight excluding hydrogens is 236 g/mol. The number of hydrogen-bond acceptors (Lipinski definition) is 4. The van der Waals surface area contributed by atoms with Crippen molar-refractivity contribution in [3.8, 4) is 0 Å². The normalized spacial score (nSPS) is 11.6. The Balaban J connectivity index is 2.97. The van der Waals surface area contributed by atoms with Gasteiger partial charge in [0.05, 0.1) is 9.85 Å². The fourth-order valence-corrected chi connectivity index (χ4v) is 1.49. The molecule has 0 saturated carbocycles. The van der Waals surface area contributed by atoms with Gasteiger partial charge in [-0.3, -0.25) is 20.2 Å². The van der Waals surface area contributed by atoms with Gasteiger partial charge >= 0.3 is 0 Å². The van der Waals surface area contributed by atoms with E-state index in [4.69, 9.17) is 0 Å². The number of rotatable bonds is 5. The molecule has 6 nitrogen and oxygen atoms in total. The number of allylic oxidation sites excluding steroid dienone is 1. The third-order valence-electron chi connectivity index (χ3n) is 2.29. The Bertz CT molecular complexity index is 477. The molecule has 0 bridgehead atoms. The Hall–Kier alpha value is -2.24. The Morgan fingerprint density at radius 1 is 1.22 bits per heavy atom. The lowest BCUT2D eigenvalue weighted by molar-refractivity contribution is -0.427. The standard InChI is InChI=1S/C12H14N2O4/c1-9(2)7-12(14(17)18)8-10-3-5-11(6-4-10)13(15)16/h3-6,8-9H,7H2,1-2H3. The van der Waals surface area contributed by atoms with Crippen LogP contribution in [0.1, 0.15) is 25.8 Å². The van der Waals surface area contributed by atoms with Crippen LogP contribution in [0.5, 0.6) is 0 Å². The minimum absolute atomic E-state index is 0.0290. The molecule has 96 valence electrons. The third kappa shape index (κ3) is 3.97. The second-order valence-electron chi connectivity index (χ2n) is 4.34. The molecule has 0 spiro atoms. The summed E-state index contributed by atoms with van der Waals surface area (Å²) in [4.78, 5) is 20.4. The summed E-state index contributed by atoms with van der Waals surface area (Å²) in [5.74, 6) is 0.180. The van der Waals surface area contributed by atoms with E-state index in [1.807, 2.05) is 13.8 Å². The molecule has 1 rings (SSSR count).